The van der Waals surface area contributed by atoms with Crippen LogP contribution in [0, 0.1) is 6.92 Å². The molecule has 0 fully saturated rings. The highest BCUT2D eigenvalue weighted by atomic mass is 32.2. The van der Waals surface area contributed by atoms with Crippen molar-refractivity contribution in [3.63, 3.8) is 0 Å². The summed E-state index contributed by atoms with van der Waals surface area (Å²) >= 11 is 2.18. The van der Waals surface area contributed by atoms with Crippen molar-refractivity contribution in [2.45, 2.75) is 12.1 Å². The van der Waals surface area contributed by atoms with Crippen molar-refractivity contribution >= 4 is 40.1 Å². The quantitative estimate of drug-likeness (QED) is 0.401. The first kappa shape index (κ1) is 21.5. The number of carbonyl (C=O) groups is 2. The van der Waals surface area contributed by atoms with Crippen LogP contribution in [0.5, 0.6) is 11.5 Å². The second kappa shape index (κ2) is 9.54. The van der Waals surface area contributed by atoms with Gasteiger partial charge in [-0.15, -0.1) is 5.10 Å². The van der Waals surface area contributed by atoms with Crippen molar-refractivity contribution in [2.24, 2.45) is 0 Å². The van der Waals surface area contributed by atoms with E-state index < -0.39 is 5.97 Å². The lowest BCUT2D eigenvalue weighted by molar-refractivity contribution is -0.113. The highest BCUT2D eigenvalue weighted by Gasteiger charge is 2.19. The number of amides is 1. The van der Waals surface area contributed by atoms with Crippen LogP contribution in [0.2, 0.25) is 0 Å². The Kier molecular flexibility index (Phi) is 6.84. The summed E-state index contributed by atoms with van der Waals surface area (Å²) in [5.74, 6) is 0.362. The number of hydrogen-bond acceptors (Lipinski definition) is 11. The van der Waals surface area contributed by atoms with Crippen LogP contribution in [0.4, 0.5) is 5.13 Å². The third-order valence-corrected chi connectivity index (χ3v) is 5.77. The van der Waals surface area contributed by atoms with E-state index in [1.165, 1.54) is 18.9 Å². The first-order valence-electron chi connectivity index (χ1n) is 8.46. The molecular weight excluding hydrogens is 432 g/mol. The molecule has 3 rings (SSSR count). The normalized spacial score (nSPS) is 10.5. The van der Waals surface area contributed by atoms with Gasteiger partial charge in [0, 0.05) is 6.07 Å². The van der Waals surface area contributed by atoms with Crippen molar-refractivity contribution in [1.82, 2.24) is 25.2 Å². The molecule has 2 heterocycles. The van der Waals surface area contributed by atoms with Crippen LogP contribution in [-0.4, -0.2) is 64.1 Å². The molecule has 0 bridgehead atoms. The summed E-state index contributed by atoms with van der Waals surface area (Å²) in [4.78, 5) is 28.5. The molecule has 0 aliphatic heterocycles. The number of tetrazole rings is 1. The number of rotatable bonds is 8. The van der Waals surface area contributed by atoms with Crippen LogP contribution < -0.4 is 14.8 Å². The molecule has 0 unspecified atom stereocenters. The molecule has 2 aromatic heterocycles. The van der Waals surface area contributed by atoms with Crippen molar-refractivity contribution in [2.75, 3.05) is 32.4 Å². The van der Waals surface area contributed by atoms with Gasteiger partial charge in [-0.1, -0.05) is 23.1 Å². The average Bonchev–Trinajstić information content (AvgIpc) is 3.37. The third-order valence-electron chi connectivity index (χ3n) is 3.80. The van der Waals surface area contributed by atoms with Gasteiger partial charge in [0.15, 0.2) is 5.13 Å². The van der Waals surface area contributed by atoms with Crippen LogP contribution in [-0.2, 0) is 9.53 Å². The van der Waals surface area contributed by atoms with E-state index in [0.29, 0.717) is 38.0 Å². The molecule has 0 aliphatic rings. The van der Waals surface area contributed by atoms with E-state index in [-0.39, 0.29) is 11.7 Å². The van der Waals surface area contributed by atoms with Crippen LogP contribution in [0.25, 0.3) is 5.69 Å². The molecule has 30 heavy (non-hydrogen) atoms. The van der Waals surface area contributed by atoms with Gasteiger partial charge in [0.1, 0.15) is 22.1 Å². The summed E-state index contributed by atoms with van der Waals surface area (Å²) in [7, 11) is 4.38. The maximum atomic E-state index is 12.3. The lowest BCUT2D eigenvalue weighted by Crippen LogP contribution is -2.14. The summed E-state index contributed by atoms with van der Waals surface area (Å²) in [6, 6.07) is 5.22. The van der Waals surface area contributed by atoms with Gasteiger partial charge in [0.2, 0.25) is 11.1 Å². The molecule has 0 saturated heterocycles. The number of nitrogens with one attached hydrogen (secondary N) is 1. The largest absolute Gasteiger partial charge is 0.497 e. The number of methoxy groups -OCH3 is 3. The Bertz CT molecular complexity index is 1070. The summed E-state index contributed by atoms with van der Waals surface area (Å²) in [5, 5.41) is 15.0. The van der Waals surface area contributed by atoms with Gasteiger partial charge < -0.3 is 19.5 Å². The Morgan fingerprint density at radius 2 is 2.03 bits per heavy atom. The van der Waals surface area contributed by atoms with E-state index in [2.05, 4.69) is 25.8 Å². The number of hydrogen-bond donors (Lipinski definition) is 1. The number of aromatic nitrogens is 5. The smallest absolute Gasteiger partial charge is 0.350 e. The van der Waals surface area contributed by atoms with Crippen molar-refractivity contribution in [3.8, 4) is 17.2 Å². The molecule has 3 aromatic rings. The SMILES string of the molecule is COC(=O)c1sc(NC(=O)CSc2nnnn2-c2cc(OC)ccc2OC)nc1C. The second-order valence-electron chi connectivity index (χ2n) is 5.67. The fourth-order valence-electron chi connectivity index (χ4n) is 2.40. The van der Waals surface area contributed by atoms with Crippen LogP contribution in [0.1, 0.15) is 15.4 Å². The Balaban J connectivity index is 1.70. The minimum atomic E-state index is -0.494. The zero-order chi connectivity index (χ0) is 21.7. The molecule has 11 nitrogen and oxygen atoms in total. The van der Waals surface area contributed by atoms with E-state index in [1.54, 1.807) is 32.2 Å². The van der Waals surface area contributed by atoms with Crippen molar-refractivity contribution in [1.29, 1.82) is 0 Å². The molecule has 1 N–H and O–H groups in total. The number of thiazole rings is 1. The van der Waals surface area contributed by atoms with Gasteiger partial charge in [-0.2, -0.15) is 4.68 Å². The van der Waals surface area contributed by atoms with Crippen molar-refractivity contribution in [3.05, 3.63) is 28.8 Å². The summed E-state index contributed by atoms with van der Waals surface area (Å²) in [5.41, 5.74) is 1.06. The van der Waals surface area contributed by atoms with E-state index in [0.717, 1.165) is 23.1 Å². The predicted octanol–water partition coefficient (Wildman–Crippen LogP) is 1.96. The fourth-order valence-corrected chi connectivity index (χ4v) is 3.98. The third kappa shape index (κ3) is 4.68. The lowest BCUT2D eigenvalue weighted by atomic mass is 10.3. The standard InChI is InChI=1S/C17H18N6O5S2/c1-9-14(15(25)28-4)30-16(18-9)19-13(24)8-29-17-20-21-22-23(17)11-7-10(26-2)5-6-12(11)27-3/h5-7H,8H2,1-4H3,(H,18,19,24). The molecule has 13 heteroatoms. The zero-order valence-corrected chi connectivity index (χ0v) is 18.2. The van der Waals surface area contributed by atoms with Crippen LogP contribution >= 0.6 is 23.1 Å². The number of thioether (sulfide) groups is 1. The van der Waals surface area contributed by atoms with Gasteiger partial charge in [-0.3, -0.25) is 4.79 Å². The number of ether oxygens (including phenoxy) is 3. The molecule has 158 valence electrons. The topological polar surface area (TPSA) is 130 Å². The van der Waals surface area contributed by atoms with Gasteiger partial charge in [-0.25, -0.2) is 9.78 Å². The first-order chi connectivity index (χ1) is 14.5. The molecule has 0 atom stereocenters. The summed E-state index contributed by atoms with van der Waals surface area (Å²) in [6.07, 6.45) is 0. The molecule has 0 saturated carbocycles. The van der Waals surface area contributed by atoms with Crippen molar-refractivity contribution < 1.29 is 23.8 Å². The number of esters is 1. The highest BCUT2D eigenvalue weighted by molar-refractivity contribution is 7.99. The van der Waals surface area contributed by atoms with Gasteiger partial charge in [-0.05, 0) is 29.5 Å². The van der Waals surface area contributed by atoms with Gasteiger partial charge >= 0.3 is 5.97 Å². The Hall–Kier alpha value is -3.19. The molecule has 1 amide bonds. The average molecular weight is 451 g/mol. The Labute approximate surface area is 179 Å². The molecule has 0 radical (unpaired) electrons. The number of aryl methyl sites for hydroxylation is 1. The van der Waals surface area contributed by atoms with E-state index in [4.69, 9.17) is 14.2 Å². The van der Waals surface area contributed by atoms with Gasteiger partial charge in [0.05, 0.1) is 32.8 Å². The Morgan fingerprint density at radius 3 is 2.73 bits per heavy atom. The van der Waals surface area contributed by atoms with Crippen LogP contribution in [0.3, 0.4) is 0 Å². The number of anilines is 1. The number of nitrogens with zero attached hydrogens (tertiary/aromatic N) is 5. The molecule has 1 aromatic carbocycles. The number of benzene rings is 1. The Morgan fingerprint density at radius 1 is 1.23 bits per heavy atom. The maximum absolute atomic E-state index is 12.3. The van der Waals surface area contributed by atoms with E-state index in [9.17, 15) is 9.59 Å². The minimum Gasteiger partial charge on any atom is -0.497 e. The molecule has 0 spiro atoms. The maximum Gasteiger partial charge on any atom is 0.350 e. The molecular formula is C17H18N6O5S2. The zero-order valence-electron chi connectivity index (χ0n) is 16.5. The summed E-state index contributed by atoms with van der Waals surface area (Å²) in [6.45, 7) is 1.67. The fraction of sp³-hybridized carbons (Fsp3) is 0.294. The summed E-state index contributed by atoms with van der Waals surface area (Å²) < 4.78 is 16.8. The monoisotopic (exact) mass is 450 g/mol. The minimum absolute atomic E-state index is 0.0266. The predicted molar refractivity (Wildman–Crippen MR) is 110 cm³/mol. The lowest BCUT2D eigenvalue weighted by Gasteiger charge is -2.11. The van der Waals surface area contributed by atoms with Crippen LogP contribution in [0.15, 0.2) is 23.4 Å². The molecule has 0 aliphatic carbocycles. The van der Waals surface area contributed by atoms with Gasteiger partial charge in [0.25, 0.3) is 0 Å². The second-order valence-corrected chi connectivity index (χ2v) is 7.61. The first-order valence-corrected chi connectivity index (χ1v) is 10.3. The van der Waals surface area contributed by atoms with E-state index >= 15 is 0 Å². The highest BCUT2D eigenvalue weighted by Crippen LogP contribution is 2.30. The number of carbonyl (C=O) groups excluding carboxylic acids is 2. The van der Waals surface area contributed by atoms with E-state index in [1.807, 2.05) is 0 Å².